The molecule has 2 aromatic rings. The summed E-state index contributed by atoms with van der Waals surface area (Å²) in [5.41, 5.74) is 1.03. The van der Waals surface area contributed by atoms with Crippen LogP contribution in [0.1, 0.15) is 18.1 Å². The Morgan fingerprint density at radius 3 is 3.00 bits per heavy atom. The fourth-order valence-electron chi connectivity index (χ4n) is 0.973. The number of aromatic amines is 1. The SMILES string of the molecule is CC(Cl)c1nc(-c2ccsc2)n[nH]1. The molecule has 0 aromatic carbocycles. The highest BCUT2D eigenvalue weighted by Gasteiger charge is 2.09. The topological polar surface area (TPSA) is 41.6 Å². The molecule has 68 valence electrons. The molecule has 0 saturated heterocycles. The molecule has 1 unspecified atom stereocenters. The number of halogens is 1. The number of alkyl halides is 1. The second-order valence-electron chi connectivity index (χ2n) is 2.67. The highest BCUT2D eigenvalue weighted by Crippen LogP contribution is 2.21. The quantitative estimate of drug-likeness (QED) is 0.780. The first-order valence-corrected chi connectivity index (χ1v) is 5.24. The minimum absolute atomic E-state index is 0.125. The summed E-state index contributed by atoms with van der Waals surface area (Å²) in [6.45, 7) is 1.86. The molecule has 3 nitrogen and oxygen atoms in total. The summed E-state index contributed by atoms with van der Waals surface area (Å²) < 4.78 is 0. The standard InChI is InChI=1S/C8H8ClN3S/c1-5(9)7-10-8(12-11-7)6-2-3-13-4-6/h2-5H,1H3,(H,10,11,12). The Morgan fingerprint density at radius 1 is 1.62 bits per heavy atom. The first-order valence-electron chi connectivity index (χ1n) is 3.86. The van der Waals surface area contributed by atoms with E-state index in [0.717, 1.165) is 5.56 Å². The van der Waals surface area contributed by atoms with Gasteiger partial charge in [-0.05, 0) is 18.4 Å². The Bertz CT molecular complexity index is 380. The molecule has 0 saturated carbocycles. The van der Waals surface area contributed by atoms with Crippen LogP contribution in [0.5, 0.6) is 0 Å². The predicted molar refractivity (Wildman–Crippen MR) is 54.0 cm³/mol. The van der Waals surface area contributed by atoms with Crippen LogP contribution in [0, 0.1) is 0 Å². The summed E-state index contributed by atoms with van der Waals surface area (Å²) in [6.07, 6.45) is 0. The zero-order valence-electron chi connectivity index (χ0n) is 6.99. The van der Waals surface area contributed by atoms with Gasteiger partial charge in [0.25, 0.3) is 0 Å². The van der Waals surface area contributed by atoms with Crippen molar-refractivity contribution in [3.63, 3.8) is 0 Å². The van der Waals surface area contributed by atoms with Crippen molar-refractivity contribution < 1.29 is 0 Å². The monoisotopic (exact) mass is 213 g/mol. The molecule has 0 aliphatic heterocycles. The van der Waals surface area contributed by atoms with E-state index in [2.05, 4.69) is 15.2 Å². The van der Waals surface area contributed by atoms with E-state index in [4.69, 9.17) is 11.6 Å². The van der Waals surface area contributed by atoms with Gasteiger partial charge < -0.3 is 0 Å². The molecule has 0 bridgehead atoms. The Labute approximate surface area is 84.8 Å². The minimum Gasteiger partial charge on any atom is -0.261 e. The van der Waals surface area contributed by atoms with Crippen molar-refractivity contribution in [2.75, 3.05) is 0 Å². The molecule has 0 aliphatic rings. The minimum atomic E-state index is -0.125. The maximum atomic E-state index is 5.85. The molecule has 0 radical (unpaired) electrons. The van der Waals surface area contributed by atoms with Gasteiger partial charge in [0.1, 0.15) is 5.82 Å². The average Bonchev–Trinajstić information content (AvgIpc) is 2.75. The molecule has 1 N–H and O–H groups in total. The van der Waals surface area contributed by atoms with Gasteiger partial charge in [-0.2, -0.15) is 16.4 Å². The van der Waals surface area contributed by atoms with Crippen LogP contribution in [0.2, 0.25) is 0 Å². The van der Waals surface area contributed by atoms with E-state index < -0.39 is 0 Å². The predicted octanol–water partition coefficient (Wildman–Crippen LogP) is 2.83. The van der Waals surface area contributed by atoms with Gasteiger partial charge in [0.2, 0.25) is 0 Å². The molecule has 2 aromatic heterocycles. The smallest absolute Gasteiger partial charge is 0.182 e. The van der Waals surface area contributed by atoms with E-state index in [-0.39, 0.29) is 5.38 Å². The number of hydrogen-bond acceptors (Lipinski definition) is 3. The van der Waals surface area contributed by atoms with E-state index in [9.17, 15) is 0 Å². The lowest BCUT2D eigenvalue weighted by Crippen LogP contribution is -1.86. The molecule has 1 atom stereocenters. The molecule has 2 heterocycles. The summed E-state index contributed by atoms with van der Waals surface area (Å²) in [7, 11) is 0. The van der Waals surface area contributed by atoms with Crippen LogP contribution in [0.3, 0.4) is 0 Å². The lowest BCUT2D eigenvalue weighted by atomic mass is 10.3. The Kier molecular flexibility index (Phi) is 2.33. The van der Waals surface area contributed by atoms with E-state index >= 15 is 0 Å². The van der Waals surface area contributed by atoms with E-state index in [0.29, 0.717) is 11.6 Å². The number of rotatable bonds is 2. The van der Waals surface area contributed by atoms with E-state index in [1.165, 1.54) is 0 Å². The van der Waals surface area contributed by atoms with Crippen LogP contribution in [0.25, 0.3) is 11.4 Å². The summed E-state index contributed by atoms with van der Waals surface area (Å²) >= 11 is 7.47. The summed E-state index contributed by atoms with van der Waals surface area (Å²) in [4.78, 5) is 4.26. The molecule has 5 heteroatoms. The van der Waals surface area contributed by atoms with Gasteiger partial charge in [0, 0.05) is 10.9 Å². The third-order valence-electron chi connectivity index (χ3n) is 1.66. The van der Waals surface area contributed by atoms with Crippen molar-refractivity contribution >= 4 is 22.9 Å². The normalized spacial score (nSPS) is 13.1. The Balaban J connectivity index is 2.33. The summed E-state index contributed by atoms with van der Waals surface area (Å²) in [6, 6.07) is 1.98. The van der Waals surface area contributed by atoms with Crippen molar-refractivity contribution in [1.29, 1.82) is 0 Å². The number of thiophene rings is 1. The third-order valence-corrected chi connectivity index (χ3v) is 2.55. The van der Waals surface area contributed by atoms with Gasteiger partial charge >= 0.3 is 0 Å². The third kappa shape index (κ3) is 1.73. The fourth-order valence-corrected chi connectivity index (χ4v) is 1.70. The van der Waals surface area contributed by atoms with Gasteiger partial charge in [-0.1, -0.05) is 0 Å². The van der Waals surface area contributed by atoms with Crippen LogP contribution in [-0.2, 0) is 0 Å². The van der Waals surface area contributed by atoms with Crippen molar-refractivity contribution in [2.24, 2.45) is 0 Å². The highest BCUT2D eigenvalue weighted by molar-refractivity contribution is 7.08. The zero-order chi connectivity index (χ0) is 9.26. The second kappa shape index (κ2) is 3.47. The van der Waals surface area contributed by atoms with Crippen molar-refractivity contribution in [3.8, 4) is 11.4 Å². The number of nitrogens with one attached hydrogen (secondary N) is 1. The number of H-pyrrole nitrogens is 1. The van der Waals surface area contributed by atoms with E-state index in [1.807, 2.05) is 23.8 Å². The van der Waals surface area contributed by atoms with Gasteiger partial charge in [-0.25, -0.2) is 4.98 Å². The molecule has 0 aliphatic carbocycles. The molecule has 13 heavy (non-hydrogen) atoms. The van der Waals surface area contributed by atoms with Crippen molar-refractivity contribution in [3.05, 3.63) is 22.7 Å². The summed E-state index contributed by atoms with van der Waals surface area (Å²) in [5, 5.41) is 10.7. The lowest BCUT2D eigenvalue weighted by Gasteiger charge is -1.92. The molecular formula is C8H8ClN3S. The maximum absolute atomic E-state index is 5.85. The van der Waals surface area contributed by atoms with Crippen LogP contribution < -0.4 is 0 Å². The Morgan fingerprint density at radius 2 is 2.46 bits per heavy atom. The first kappa shape index (κ1) is 8.72. The maximum Gasteiger partial charge on any atom is 0.182 e. The van der Waals surface area contributed by atoms with Crippen molar-refractivity contribution in [1.82, 2.24) is 15.2 Å². The fraction of sp³-hybridized carbons (Fsp3) is 0.250. The van der Waals surface area contributed by atoms with Crippen LogP contribution in [0.15, 0.2) is 16.8 Å². The van der Waals surface area contributed by atoms with Gasteiger partial charge in [0.15, 0.2) is 5.82 Å². The zero-order valence-corrected chi connectivity index (χ0v) is 8.56. The number of aromatic nitrogens is 3. The van der Waals surface area contributed by atoms with Crippen LogP contribution >= 0.6 is 22.9 Å². The van der Waals surface area contributed by atoms with Gasteiger partial charge in [0.05, 0.1) is 5.38 Å². The Hall–Kier alpha value is -0.870. The van der Waals surface area contributed by atoms with Crippen LogP contribution in [-0.4, -0.2) is 15.2 Å². The van der Waals surface area contributed by atoms with Crippen LogP contribution in [0.4, 0.5) is 0 Å². The lowest BCUT2D eigenvalue weighted by molar-refractivity contribution is 0.918. The molecule has 0 spiro atoms. The average molecular weight is 214 g/mol. The number of nitrogens with zero attached hydrogens (tertiary/aromatic N) is 2. The molecule has 0 amide bonds. The van der Waals surface area contributed by atoms with Gasteiger partial charge in [-0.15, -0.1) is 11.6 Å². The molecule has 0 fully saturated rings. The molecular weight excluding hydrogens is 206 g/mol. The van der Waals surface area contributed by atoms with Crippen molar-refractivity contribution in [2.45, 2.75) is 12.3 Å². The second-order valence-corrected chi connectivity index (χ2v) is 4.11. The number of hydrogen-bond donors (Lipinski definition) is 1. The van der Waals surface area contributed by atoms with Gasteiger partial charge in [-0.3, -0.25) is 5.10 Å². The summed E-state index contributed by atoms with van der Waals surface area (Å²) in [5.74, 6) is 1.42. The molecule has 2 rings (SSSR count). The first-order chi connectivity index (χ1) is 6.27. The highest BCUT2D eigenvalue weighted by atomic mass is 35.5. The largest absolute Gasteiger partial charge is 0.261 e. The van der Waals surface area contributed by atoms with E-state index in [1.54, 1.807) is 11.3 Å².